The fraction of sp³-hybridized carbons (Fsp3) is 0.644. The number of aromatic nitrogens is 2. The first kappa shape index (κ1) is 62.1. The third-order valence-electron chi connectivity index (χ3n) is 16.0. The Labute approximate surface area is 487 Å². The Balaban J connectivity index is 0.568. The largest absolute Gasteiger partial charge is 0.457 e. The maximum atomic E-state index is 13.4. The normalized spacial score (nSPS) is 20.0. The van der Waals surface area contributed by atoms with E-state index >= 15 is 0 Å². The first-order valence-corrected chi connectivity index (χ1v) is 31.1. The molecule has 0 unspecified atom stereocenters. The van der Waals surface area contributed by atoms with Crippen molar-refractivity contribution in [3.05, 3.63) is 60.2 Å². The lowest BCUT2D eigenvalue weighted by molar-refractivity contribution is -0.133. The van der Waals surface area contributed by atoms with Gasteiger partial charge in [0.05, 0.1) is 44.6 Å². The maximum Gasteiger partial charge on any atom is 0.315 e. The smallest absolute Gasteiger partial charge is 0.315 e. The summed E-state index contributed by atoms with van der Waals surface area (Å²) in [5.74, 6) is 3.00. The quantitative estimate of drug-likeness (QED) is 0.0316. The summed E-state index contributed by atoms with van der Waals surface area (Å²) < 4.78 is 24.7. The van der Waals surface area contributed by atoms with Crippen molar-refractivity contribution in [1.29, 1.82) is 0 Å². The molecule has 0 spiro atoms. The monoisotopic (exact) mass is 1160 g/mol. The van der Waals surface area contributed by atoms with Gasteiger partial charge in [-0.15, -0.1) is 0 Å². The molecule has 1 aromatic heterocycles. The van der Waals surface area contributed by atoms with Crippen LogP contribution < -0.4 is 42.4 Å². The number of urea groups is 1. The van der Waals surface area contributed by atoms with Crippen LogP contribution in [0.1, 0.15) is 106 Å². The first-order valence-electron chi connectivity index (χ1n) is 30.0. The van der Waals surface area contributed by atoms with E-state index in [0.29, 0.717) is 151 Å². The third-order valence-corrected chi connectivity index (χ3v) is 17.5. The number of carbonyl (C=O) groups excluding carboxylic acids is 6. The number of nitrogens with two attached hydrogens (primary N) is 1. The van der Waals surface area contributed by atoms with Crippen molar-refractivity contribution in [2.45, 2.75) is 113 Å². The molecule has 450 valence electrons. The number of fused-ring (bicyclic) bond motifs is 2. The average molecular weight is 1160 g/mol. The number of ether oxygens (including phenoxy) is 4. The molecule has 4 fully saturated rings. The van der Waals surface area contributed by atoms with Gasteiger partial charge in [0, 0.05) is 127 Å². The lowest BCUT2D eigenvalue weighted by Gasteiger charge is -2.38. The van der Waals surface area contributed by atoms with Crippen LogP contribution in [0.15, 0.2) is 54.6 Å². The van der Waals surface area contributed by atoms with Crippen molar-refractivity contribution >= 4 is 53.1 Å². The Bertz CT molecular complexity index is 2490. The van der Waals surface area contributed by atoms with E-state index in [0.717, 1.165) is 108 Å². The number of hydrogen-bond donors (Lipinski definition) is 7. The zero-order valence-corrected chi connectivity index (χ0v) is 48.5. The van der Waals surface area contributed by atoms with Crippen LogP contribution in [0.25, 0.3) is 11.3 Å². The molecule has 5 aliphatic rings. The molecule has 8 rings (SSSR count). The van der Waals surface area contributed by atoms with Gasteiger partial charge < -0.3 is 66.4 Å². The van der Waals surface area contributed by atoms with Crippen molar-refractivity contribution in [2.75, 3.05) is 129 Å². The zero-order chi connectivity index (χ0) is 57.3. The predicted molar refractivity (Wildman–Crippen MR) is 315 cm³/mol. The van der Waals surface area contributed by atoms with Gasteiger partial charge in [0.15, 0.2) is 0 Å². The number of piperidine rings is 1. The van der Waals surface area contributed by atoms with Crippen molar-refractivity contribution in [3.63, 3.8) is 0 Å². The predicted octanol–water partition coefficient (Wildman–Crippen LogP) is 4.51. The summed E-state index contributed by atoms with van der Waals surface area (Å²) in [5, 5.41) is 23.7. The number of hydrogen-bond acceptors (Lipinski definition) is 15. The topological polar surface area (TPSA) is 265 Å². The summed E-state index contributed by atoms with van der Waals surface area (Å²) >= 11 is 1.90. The molecule has 3 aromatic rings. The second kappa shape index (κ2) is 33.3. The summed E-state index contributed by atoms with van der Waals surface area (Å²) in [6, 6.07) is 17.6. The number of carbonyl (C=O) groups is 6. The number of para-hydroxylation sites is 1. The van der Waals surface area contributed by atoms with E-state index in [9.17, 15) is 28.8 Å². The van der Waals surface area contributed by atoms with Crippen LogP contribution in [-0.2, 0) is 33.4 Å². The Morgan fingerprint density at radius 2 is 1.26 bits per heavy atom. The summed E-state index contributed by atoms with van der Waals surface area (Å²) in [7, 11) is 0. The molecule has 8 N–H and O–H groups in total. The van der Waals surface area contributed by atoms with E-state index in [1.807, 2.05) is 75.9 Å². The van der Waals surface area contributed by atoms with E-state index in [4.69, 9.17) is 29.8 Å². The number of primary amides is 1. The Kier molecular flexibility index (Phi) is 25.2. The summed E-state index contributed by atoms with van der Waals surface area (Å²) in [4.78, 5) is 81.5. The van der Waals surface area contributed by atoms with Crippen molar-refractivity contribution in [3.8, 4) is 22.8 Å². The number of piperazine rings is 1. The van der Waals surface area contributed by atoms with Gasteiger partial charge in [0.25, 0.3) is 5.91 Å². The second-order valence-electron chi connectivity index (χ2n) is 21.9. The zero-order valence-electron chi connectivity index (χ0n) is 47.7. The molecule has 4 atom stereocenters. The van der Waals surface area contributed by atoms with Gasteiger partial charge in [-0.25, -0.2) is 9.48 Å². The molecule has 23 heteroatoms. The minimum absolute atomic E-state index is 0.0425. The average Bonchev–Trinajstić information content (AvgIpc) is 3.83. The van der Waals surface area contributed by atoms with E-state index in [2.05, 4.69) is 41.7 Å². The Hall–Kier alpha value is -5.98. The van der Waals surface area contributed by atoms with Gasteiger partial charge in [-0.05, 0) is 107 Å². The van der Waals surface area contributed by atoms with Crippen LogP contribution in [0, 0.1) is 5.92 Å². The minimum atomic E-state index is -0.523. The lowest BCUT2D eigenvalue weighted by Crippen LogP contribution is -2.48. The van der Waals surface area contributed by atoms with Gasteiger partial charge in [0.1, 0.15) is 28.6 Å². The number of likely N-dealkylation sites (tertiary alicyclic amines) is 1. The first-order chi connectivity index (χ1) is 40.1. The highest BCUT2D eigenvalue weighted by atomic mass is 32.2. The number of anilines is 1. The highest BCUT2D eigenvalue weighted by Crippen LogP contribution is 2.40. The molecule has 6 heterocycles. The highest BCUT2D eigenvalue weighted by molar-refractivity contribution is 8.00. The standard InChI is InChI=1S/C59H88N12O10S/c60-57(76)54-55(44-17-19-46(20-18-44)81-45-10-2-1-3-11-45)67-71-48(21-26-64-58(54)71)43-22-29-70(30-23-43)53(75)16-7-28-68-32-34-69(35-33-68)31-27-63-52(74)15-6-14-51(73)62-25-9-37-79-39-41-80-40-38-78-36-8-24-61-50(72)13-5-4-12-49-56-47(42-82-49)65-59(77)66-56/h1-3,10-11,17-20,43,47-49,56,64H,4-9,12-16,21-42H2,(H2,60,76)(H,61,72)(H,62,73)(H,63,74)(H2,65,66,77)/t47-,48+,49-,56-/m1/s1. The number of rotatable bonds is 35. The molecule has 0 bridgehead atoms. The van der Waals surface area contributed by atoms with Gasteiger partial charge in [-0.1, -0.05) is 24.6 Å². The van der Waals surface area contributed by atoms with E-state index in [-0.39, 0.29) is 47.8 Å². The fourth-order valence-electron chi connectivity index (χ4n) is 11.5. The number of thioether (sulfide) groups is 1. The van der Waals surface area contributed by atoms with Crippen molar-refractivity contribution in [2.24, 2.45) is 11.7 Å². The maximum absolute atomic E-state index is 13.4. The molecule has 0 radical (unpaired) electrons. The van der Waals surface area contributed by atoms with Crippen molar-refractivity contribution in [1.82, 2.24) is 51.1 Å². The van der Waals surface area contributed by atoms with Crippen LogP contribution in [0.5, 0.6) is 11.5 Å². The number of amides is 7. The summed E-state index contributed by atoms with van der Waals surface area (Å²) in [6.07, 6.45) is 9.82. The molecule has 7 amide bonds. The lowest BCUT2D eigenvalue weighted by atomic mass is 9.86. The van der Waals surface area contributed by atoms with Crippen LogP contribution in [0.2, 0.25) is 0 Å². The van der Waals surface area contributed by atoms with Crippen molar-refractivity contribution < 1.29 is 47.7 Å². The third kappa shape index (κ3) is 19.6. The number of unbranched alkanes of at least 4 members (excludes halogenated alkanes) is 1. The number of nitrogens with one attached hydrogen (secondary N) is 6. The second-order valence-corrected chi connectivity index (χ2v) is 23.2. The van der Waals surface area contributed by atoms with E-state index < -0.39 is 5.91 Å². The molecule has 0 aliphatic carbocycles. The van der Waals surface area contributed by atoms with Crippen LogP contribution in [0.3, 0.4) is 0 Å². The van der Waals surface area contributed by atoms with Crippen LogP contribution in [-0.4, -0.2) is 201 Å². The molecule has 22 nitrogen and oxygen atoms in total. The molecule has 2 aromatic carbocycles. The molecule has 0 saturated carbocycles. The van der Waals surface area contributed by atoms with Gasteiger partial charge in [0.2, 0.25) is 23.6 Å². The van der Waals surface area contributed by atoms with Crippen LogP contribution >= 0.6 is 11.8 Å². The van der Waals surface area contributed by atoms with Gasteiger partial charge in [-0.3, -0.25) is 28.9 Å². The summed E-state index contributed by atoms with van der Waals surface area (Å²) in [6.45, 7) is 12.0. The SMILES string of the molecule is NC(=O)c1c(-c2ccc(Oc3ccccc3)cc2)nn2c1NCC[C@H]2C1CCN(C(=O)CCCN2CCN(CCNC(=O)CCCC(=O)NCCCOCCOCCOCCCNC(=O)CCCC[C@H]3SC[C@H]4NC(=O)N[C@H]43)CC2)CC1. The molecular formula is C59H88N12O10S. The number of nitrogens with zero attached hydrogens (tertiary/aromatic N) is 5. The molecule has 4 saturated heterocycles. The molecule has 5 aliphatic heterocycles. The summed E-state index contributed by atoms with van der Waals surface area (Å²) in [5.41, 5.74) is 7.71. The van der Waals surface area contributed by atoms with Gasteiger partial charge in [-0.2, -0.15) is 16.9 Å². The van der Waals surface area contributed by atoms with Crippen LogP contribution in [0.4, 0.5) is 10.6 Å². The van der Waals surface area contributed by atoms with Gasteiger partial charge >= 0.3 is 6.03 Å². The molecule has 82 heavy (non-hydrogen) atoms. The highest BCUT2D eigenvalue weighted by Gasteiger charge is 2.42. The Morgan fingerprint density at radius 3 is 1.91 bits per heavy atom. The minimum Gasteiger partial charge on any atom is -0.457 e. The van der Waals surface area contributed by atoms with E-state index in [1.54, 1.807) is 0 Å². The molecular weight excluding hydrogens is 1070 g/mol. The van der Waals surface area contributed by atoms with E-state index in [1.165, 1.54) is 0 Å². The number of benzene rings is 2. The fourth-order valence-corrected chi connectivity index (χ4v) is 13.1. The Morgan fingerprint density at radius 1 is 0.646 bits per heavy atom.